The Morgan fingerprint density at radius 2 is 2.05 bits per heavy atom. The van der Waals surface area contributed by atoms with Crippen molar-refractivity contribution in [3.63, 3.8) is 0 Å². The van der Waals surface area contributed by atoms with Gasteiger partial charge in [-0.2, -0.15) is 0 Å². The van der Waals surface area contributed by atoms with Crippen molar-refractivity contribution in [2.75, 3.05) is 0 Å². The lowest BCUT2D eigenvalue weighted by Crippen LogP contribution is -2.22. The molecule has 0 aliphatic heterocycles. The molecule has 2 N–H and O–H groups in total. The van der Waals surface area contributed by atoms with Gasteiger partial charge in [-0.3, -0.25) is 0 Å². The van der Waals surface area contributed by atoms with E-state index in [9.17, 15) is 9.90 Å². The van der Waals surface area contributed by atoms with Gasteiger partial charge in [-0.1, -0.05) is 29.4 Å². The first-order valence-electron chi connectivity index (χ1n) is 5.87. The van der Waals surface area contributed by atoms with Gasteiger partial charge in [0.25, 0.3) is 0 Å². The molecular weight excluding hydrogens is 246 g/mol. The van der Waals surface area contributed by atoms with Crippen molar-refractivity contribution < 1.29 is 19.5 Å². The zero-order valence-corrected chi connectivity index (χ0v) is 10.8. The maximum atomic E-state index is 10.8. The van der Waals surface area contributed by atoms with Gasteiger partial charge in [-0.25, -0.2) is 4.79 Å². The normalized spacial score (nSPS) is 11.5. The van der Waals surface area contributed by atoms with Crippen molar-refractivity contribution >= 4 is 5.97 Å². The van der Waals surface area contributed by atoms with Crippen LogP contribution in [-0.2, 0) is 6.42 Å². The highest BCUT2D eigenvalue weighted by Gasteiger charge is 2.19. The van der Waals surface area contributed by atoms with Gasteiger partial charge in [0.1, 0.15) is 5.69 Å². The minimum absolute atomic E-state index is 0.201. The van der Waals surface area contributed by atoms with E-state index in [4.69, 9.17) is 9.63 Å². The zero-order valence-electron chi connectivity index (χ0n) is 10.8. The van der Waals surface area contributed by atoms with Crippen LogP contribution >= 0.6 is 0 Å². The van der Waals surface area contributed by atoms with E-state index in [1.807, 2.05) is 24.3 Å². The Morgan fingerprint density at radius 1 is 1.37 bits per heavy atom. The molecule has 0 aliphatic rings. The molecule has 0 radical (unpaired) electrons. The first-order valence-corrected chi connectivity index (χ1v) is 5.87. The smallest absolute Gasteiger partial charge is 0.374 e. The highest BCUT2D eigenvalue weighted by Crippen LogP contribution is 2.26. The summed E-state index contributed by atoms with van der Waals surface area (Å²) in [6.07, 6.45) is 0.443. The molecule has 0 aliphatic carbocycles. The van der Waals surface area contributed by atoms with E-state index >= 15 is 0 Å². The minimum Gasteiger partial charge on any atom is -0.475 e. The number of carboxylic acids is 1. The molecule has 0 amide bonds. The van der Waals surface area contributed by atoms with E-state index in [1.54, 1.807) is 13.8 Å². The lowest BCUT2D eigenvalue weighted by Gasteiger charge is -2.18. The summed E-state index contributed by atoms with van der Waals surface area (Å²) in [5, 5.41) is 22.5. The molecule has 5 nitrogen and oxygen atoms in total. The second-order valence-electron chi connectivity index (χ2n) is 5.03. The summed E-state index contributed by atoms with van der Waals surface area (Å²) in [5.74, 6) is -1.35. The Hall–Kier alpha value is -2.14. The number of nitrogens with zero attached hydrogens (tertiary/aromatic N) is 1. The molecule has 0 spiro atoms. The largest absolute Gasteiger partial charge is 0.475 e. The number of aromatic nitrogens is 1. The minimum atomic E-state index is -1.15. The number of hydrogen-bond donors (Lipinski definition) is 2. The van der Waals surface area contributed by atoms with E-state index in [0.29, 0.717) is 12.1 Å². The molecule has 1 heterocycles. The molecule has 2 rings (SSSR count). The number of benzene rings is 1. The summed E-state index contributed by atoms with van der Waals surface area (Å²) in [4.78, 5) is 10.8. The molecule has 1 aromatic carbocycles. The van der Waals surface area contributed by atoms with E-state index in [2.05, 4.69) is 5.16 Å². The molecule has 1 aromatic heterocycles. The quantitative estimate of drug-likeness (QED) is 0.882. The van der Waals surface area contributed by atoms with Crippen LogP contribution in [0.15, 0.2) is 34.9 Å². The average molecular weight is 261 g/mol. The molecule has 100 valence electrons. The zero-order chi connectivity index (χ0) is 14.0. The fraction of sp³-hybridized carbons (Fsp3) is 0.286. The number of carbonyl (C=O) groups is 1. The van der Waals surface area contributed by atoms with Crippen molar-refractivity contribution in [1.29, 1.82) is 0 Å². The van der Waals surface area contributed by atoms with Crippen molar-refractivity contribution in [1.82, 2.24) is 5.16 Å². The van der Waals surface area contributed by atoms with Crippen LogP contribution in [0.4, 0.5) is 0 Å². The molecule has 0 unspecified atom stereocenters. The summed E-state index contributed by atoms with van der Waals surface area (Å²) in [7, 11) is 0. The van der Waals surface area contributed by atoms with Crippen LogP contribution < -0.4 is 0 Å². The van der Waals surface area contributed by atoms with Gasteiger partial charge in [0.15, 0.2) is 0 Å². The third-order valence-electron chi connectivity index (χ3n) is 2.64. The van der Waals surface area contributed by atoms with Gasteiger partial charge in [-0.15, -0.1) is 0 Å². The maximum Gasteiger partial charge on any atom is 0.374 e. The summed E-state index contributed by atoms with van der Waals surface area (Å²) in [6.45, 7) is 3.44. The number of carboxylic acid groups (broad SMARTS) is 1. The van der Waals surface area contributed by atoms with Crippen molar-refractivity contribution in [3.8, 4) is 11.3 Å². The van der Waals surface area contributed by atoms with Crippen molar-refractivity contribution in [2.24, 2.45) is 0 Å². The molecular formula is C14H15NO4. The molecule has 19 heavy (non-hydrogen) atoms. The number of rotatable bonds is 4. The molecule has 0 atom stereocenters. The van der Waals surface area contributed by atoms with Gasteiger partial charge < -0.3 is 14.7 Å². The molecule has 0 bridgehead atoms. The lowest BCUT2D eigenvalue weighted by molar-refractivity contribution is 0.0652. The van der Waals surface area contributed by atoms with E-state index in [0.717, 1.165) is 11.1 Å². The predicted octanol–water partition coefficient (Wildman–Crippen LogP) is 2.35. The summed E-state index contributed by atoms with van der Waals surface area (Å²) < 4.78 is 4.75. The molecule has 0 saturated carbocycles. The van der Waals surface area contributed by atoms with Crippen LogP contribution in [0.1, 0.15) is 30.0 Å². The highest BCUT2D eigenvalue weighted by molar-refractivity contribution is 5.85. The average Bonchev–Trinajstić information content (AvgIpc) is 2.76. The summed E-state index contributed by atoms with van der Waals surface area (Å²) >= 11 is 0. The standard InChI is InChI=1S/C14H15NO4/c1-14(2,18)8-9-5-3-4-6-10(9)11-7-12(13(16)17)19-15-11/h3-7,18H,8H2,1-2H3,(H,16,17). The predicted molar refractivity (Wildman–Crippen MR) is 68.9 cm³/mol. The van der Waals surface area contributed by atoms with Gasteiger partial charge in [0, 0.05) is 18.1 Å². The van der Waals surface area contributed by atoms with E-state index < -0.39 is 11.6 Å². The van der Waals surface area contributed by atoms with Crippen molar-refractivity contribution in [3.05, 3.63) is 41.7 Å². The SMILES string of the molecule is CC(C)(O)Cc1ccccc1-c1cc(C(=O)O)on1. The maximum absolute atomic E-state index is 10.8. The number of aliphatic hydroxyl groups is 1. The summed E-state index contributed by atoms with van der Waals surface area (Å²) in [5.41, 5.74) is 1.26. The number of aromatic carboxylic acids is 1. The van der Waals surface area contributed by atoms with Gasteiger partial charge in [-0.05, 0) is 19.4 Å². The van der Waals surface area contributed by atoms with Crippen LogP contribution in [0.2, 0.25) is 0 Å². The topological polar surface area (TPSA) is 83.6 Å². The van der Waals surface area contributed by atoms with Crippen molar-refractivity contribution in [2.45, 2.75) is 25.9 Å². The molecule has 5 heteroatoms. The first-order chi connectivity index (χ1) is 8.87. The fourth-order valence-corrected chi connectivity index (χ4v) is 1.89. The Balaban J connectivity index is 2.41. The Morgan fingerprint density at radius 3 is 2.63 bits per heavy atom. The monoisotopic (exact) mass is 261 g/mol. The van der Waals surface area contributed by atoms with Gasteiger partial charge >= 0.3 is 5.97 Å². The van der Waals surface area contributed by atoms with Crippen LogP contribution in [0.5, 0.6) is 0 Å². The van der Waals surface area contributed by atoms with E-state index in [1.165, 1.54) is 6.07 Å². The van der Waals surface area contributed by atoms with Crippen LogP contribution in [0.25, 0.3) is 11.3 Å². The summed E-state index contributed by atoms with van der Waals surface area (Å²) in [6, 6.07) is 8.78. The second-order valence-corrected chi connectivity index (χ2v) is 5.03. The number of hydrogen-bond acceptors (Lipinski definition) is 4. The van der Waals surface area contributed by atoms with Gasteiger partial charge in [0.05, 0.1) is 5.60 Å². The highest BCUT2D eigenvalue weighted by atomic mass is 16.5. The third-order valence-corrected chi connectivity index (χ3v) is 2.64. The van der Waals surface area contributed by atoms with Crippen LogP contribution in [-0.4, -0.2) is 26.9 Å². The third kappa shape index (κ3) is 3.20. The van der Waals surface area contributed by atoms with Crippen LogP contribution in [0, 0.1) is 0 Å². The first kappa shape index (κ1) is 13.3. The van der Waals surface area contributed by atoms with Gasteiger partial charge in [0.2, 0.25) is 5.76 Å². The molecule has 2 aromatic rings. The lowest BCUT2D eigenvalue weighted by atomic mass is 9.93. The Kier molecular flexibility index (Phi) is 3.40. The Labute approximate surface area is 110 Å². The molecule has 0 saturated heterocycles. The Bertz CT molecular complexity index is 595. The van der Waals surface area contributed by atoms with E-state index in [-0.39, 0.29) is 5.76 Å². The fourth-order valence-electron chi connectivity index (χ4n) is 1.89. The molecule has 0 fully saturated rings. The second kappa shape index (κ2) is 4.85. The van der Waals surface area contributed by atoms with Crippen LogP contribution in [0.3, 0.4) is 0 Å².